The van der Waals surface area contributed by atoms with Crippen molar-refractivity contribution >= 4 is 22.0 Å². The highest BCUT2D eigenvalue weighted by molar-refractivity contribution is 7.89. The van der Waals surface area contributed by atoms with Crippen LogP contribution < -0.4 is 10.5 Å². The van der Waals surface area contributed by atoms with E-state index >= 15 is 0 Å². The van der Waals surface area contributed by atoms with E-state index in [1.165, 1.54) is 24.5 Å². The number of nitrogens with one attached hydrogen (secondary N) is 1. The molecule has 0 saturated heterocycles. The molecule has 0 saturated carbocycles. The fourth-order valence-corrected chi connectivity index (χ4v) is 1.85. The van der Waals surface area contributed by atoms with Crippen LogP contribution in [0.2, 0.25) is 0 Å². The first-order valence-corrected chi connectivity index (χ1v) is 5.25. The molecule has 0 aliphatic heterocycles. The third kappa shape index (κ3) is 2.54. The molecule has 0 bridgehead atoms. The second-order valence-corrected chi connectivity index (χ2v) is 4.31. The van der Waals surface area contributed by atoms with Crippen molar-refractivity contribution in [3.8, 4) is 0 Å². The summed E-state index contributed by atoms with van der Waals surface area (Å²) in [5.74, 6) is 0. The summed E-state index contributed by atoms with van der Waals surface area (Å²) in [5.41, 5.74) is 5.76. The summed E-state index contributed by atoms with van der Waals surface area (Å²) in [6, 6.07) is 5.80. The Bertz CT molecular complexity index is 428. The van der Waals surface area contributed by atoms with Crippen LogP contribution in [0.5, 0.6) is 0 Å². The average molecular weight is 213 g/mol. The topological polar surface area (TPSA) is 89.3 Å². The molecule has 1 radical (unpaired) electrons. The second-order valence-electron chi connectivity index (χ2n) is 2.54. The van der Waals surface area contributed by atoms with E-state index in [1.807, 2.05) is 4.72 Å². The number of sulfonamides is 1. The molecule has 0 atom stereocenters. The lowest BCUT2D eigenvalue weighted by Gasteiger charge is -2.03. The van der Waals surface area contributed by atoms with Crippen molar-refractivity contribution in [2.45, 2.75) is 4.90 Å². The van der Waals surface area contributed by atoms with Gasteiger partial charge in [0.05, 0.1) is 11.4 Å². The van der Waals surface area contributed by atoms with Crippen LogP contribution in [0.25, 0.3) is 0 Å². The minimum absolute atomic E-state index is 0.0350. The van der Waals surface area contributed by atoms with Gasteiger partial charge in [-0.1, -0.05) is 6.07 Å². The van der Waals surface area contributed by atoms with Gasteiger partial charge in [-0.3, -0.25) is 4.79 Å². The van der Waals surface area contributed by atoms with Gasteiger partial charge in [-0.25, -0.2) is 13.1 Å². The Morgan fingerprint density at radius 2 is 2.14 bits per heavy atom. The lowest BCUT2D eigenvalue weighted by molar-refractivity contribution is 0.550. The quantitative estimate of drug-likeness (QED) is 0.669. The molecule has 75 valence electrons. The molecule has 0 unspecified atom stereocenters. The van der Waals surface area contributed by atoms with Crippen LogP contribution in [0.4, 0.5) is 5.69 Å². The van der Waals surface area contributed by atoms with Gasteiger partial charge in [-0.2, -0.15) is 0 Å². The Balaban J connectivity index is 2.98. The lowest BCUT2D eigenvalue weighted by atomic mass is 10.3. The smallest absolute Gasteiger partial charge is 0.241 e. The predicted octanol–water partition coefficient (Wildman–Crippen LogP) is -0.343. The summed E-state index contributed by atoms with van der Waals surface area (Å²) in [5, 5.41) is 0. The Morgan fingerprint density at radius 3 is 2.71 bits per heavy atom. The molecular formula is C8H9N2O3S. The first kappa shape index (κ1) is 10.7. The van der Waals surface area contributed by atoms with Crippen LogP contribution in [-0.2, 0) is 14.8 Å². The number of nitrogen functional groups attached to an aromatic ring is 1. The number of anilines is 1. The lowest BCUT2D eigenvalue weighted by Crippen LogP contribution is -2.25. The van der Waals surface area contributed by atoms with Gasteiger partial charge < -0.3 is 5.73 Å². The second kappa shape index (κ2) is 4.21. The SMILES string of the molecule is Nc1cccc(S(=O)(=O)NC[C]=O)c1. The molecule has 0 aliphatic carbocycles. The molecule has 0 amide bonds. The van der Waals surface area contributed by atoms with Crippen molar-refractivity contribution in [1.29, 1.82) is 0 Å². The molecule has 1 rings (SSSR count). The van der Waals surface area contributed by atoms with Crippen molar-refractivity contribution in [3.05, 3.63) is 24.3 Å². The largest absolute Gasteiger partial charge is 0.399 e. The Hall–Kier alpha value is -1.40. The fraction of sp³-hybridized carbons (Fsp3) is 0.125. The minimum Gasteiger partial charge on any atom is -0.399 e. The zero-order valence-electron chi connectivity index (χ0n) is 7.23. The van der Waals surface area contributed by atoms with Crippen LogP contribution >= 0.6 is 0 Å². The van der Waals surface area contributed by atoms with Crippen molar-refractivity contribution in [2.75, 3.05) is 12.3 Å². The summed E-state index contributed by atoms with van der Waals surface area (Å²) in [6.45, 7) is -0.364. The van der Waals surface area contributed by atoms with Gasteiger partial charge in [0.2, 0.25) is 16.3 Å². The minimum atomic E-state index is -3.64. The Morgan fingerprint density at radius 1 is 1.43 bits per heavy atom. The van der Waals surface area contributed by atoms with E-state index < -0.39 is 10.0 Å². The van der Waals surface area contributed by atoms with Gasteiger partial charge in [-0.05, 0) is 18.2 Å². The molecule has 0 fully saturated rings. The maximum atomic E-state index is 11.4. The van der Waals surface area contributed by atoms with Crippen LogP contribution in [-0.4, -0.2) is 21.2 Å². The van der Waals surface area contributed by atoms with Gasteiger partial charge in [-0.15, -0.1) is 0 Å². The van der Waals surface area contributed by atoms with Crippen molar-refractivity contribution in [3.63, 3.8) is 0 Å². The first-order chi connectivity index (χ1) is 6.56. The van der Waals surface area contributed by atoms with E-state index in [9.17, 15) is 13.2 Å². The van der Waals surface area contributed by atoms with Crippen molar-refractivity contribution in [1.82, 2.24) is 4.72 Å². The molecule has 3 N–H and O–H groups in total. The van der Waals surface area contributed by atoms with E-state index in [2.05, 4.69) is 0 Å². The highest BCUT2D eigenvalue weighted by atomic mass is 32.2. The van der Waals surface area contributed by atoms with Crippen LogP contribution in [0.1, 0.15) is 0 Å². The number of nitrogens with two attached hydrogens (primary N) is 1. The molecule has 0 aromatic heterocycles. The number of rotatable bonds is 4. The van der Waals surface area contributed by atoms with E-state index in [-0.39, 0.29) is 11.4 Å². The van der Waals surface area contributed by atoms with E-state index in [0.29, 0.717) is 5.69 Å². The summed E-state index contributed by atoms with van der Waals surface area (Å²) in [6.07, 6.45) is 1.44. The van der Waals surface area contributed by atoms with E-state index in [0.717, 1.165) is 0 Å². The van der Waals surface area contributed by atoms with Crippen molar-refractivity contribution < 1.29 is 13.2 Å². The van der Waals surface area contributed by atoms with Gasteiger partial charge in [0.1, 0.15) is 0 Å². The normalized spacial score (nSPS) is 11.1. The third-order valence-electron chi connectivity index (χ3n) is 1.50. The molecule has 0 spiro atoms. The monoisotopic (exact) mass is 213 g/mol. The van der Waals surface area contributed by atoms with Crippen LogP contribution in [0.15, 0.2) is 29.2 Å². The molecule has 0 aliphatic rings. The van der Waals surface area contributed by atoms with E-state index in [1.54, 1.807) is 6.07 Å². The summed E-state index contributed by atoms with van der Waals surface area (Å²) < 4.78 is 24.8. The van der Waals surface area contributed by atoms with Crippen LogP contribution in [0, 0.1) is 0 Å². The first-order valence-electron chi connectivity index (χ1n) is 3.76. The molecule has 5 nitrogen and oxygen atoms in total. The molecule has 1 aromatic carbocycles. The zero-order chi connectivity index (χ0) is 10.6. The van der Waals surface area contributed by atoms with Crippen LogP contribution in [0.3, 0.4) is 0 Å². The van der Waals surface area contributed by atoms with Gasteiger partial charge in [0.15, 0.2) is 0 Å². The van der Waals surface area contributed by atoms with E-state index in [4.69, 9.17) is 5.73 Å². The summed E-state index contributed by atoms with van der Waals surface area (Å²) >= 11 is 0. The molecule has 0 heterocycles. The molecule has 1 aromatic rings. The predicted molar refractivity (Wildman–Crippen MR) is 51.7 cm³/mol. The average Bonchev–Trinajstić information content (AvgIpc) is 2.15. The summed E-state index contributed by atoms with van der Waals surface area (Å²) in [7, 11) is -3.64. The maximum absolute atomic E-state index is 11.4. The Labute approximate surface area is 82.0 Å². The summed E-state index contributed by atoms with van der Waals surface area (Å²) in [4.78, 5) is 9.91. The van der Waals surface area contributed by atoms with Gasteiger partial charge >= 0.3 is 0 Å². The standard InChI is InChI=1S/C8H9N2O3S/c9-7-2-1-3-8(6-7)14(12,13)10-4-5-11/h1-3,6,10H,4,9H2. The Kier molecular flexibility index (Phi) is 3.21. The van der Waals surface area contributed by atoms with Crippen molar-refractivity contribution in [2.24, 2.45) is 0 Å². The maximum Gasteiger partial charge on any atom is 0.241 e. The highest BCUT2D eigenvalue weighted by Crippen LogP contribution is 2.11. The molecule has 6 heteroatoms. The number of hydrogen-bond acceptors (Lipinski definition) is 4. The number of carbonyl (C=O) groups excluding carboxylic acids is 1. The van der Waals surface area contributed by atoms with Gasteiger partial charge in [0, 0.05) is 5.69 Å². The fourth-order valence-electron chi connectivity index (χ4n) is 0.890. The molecular weight excluding hydrogens is 204 g/mol. The third-order valence-corrected chi connectivity index (χ3v) is 2.90. The van der Waals surface area contributed by atoms with Gasteiger partial charge in [0.25, 0.3) is 0 Å². The highest BCUT2D eigenvalue weighted by Gasteiger charge is 2.12. The number of benzene rings is 1. The number of hydrogen-bond donors (Lipinski definition) is 2. The zero-order valence-corrected chi connectivity index (χ0v) is 8.04. The molecule has 14 heavy (non-hydrogen) atoms.